The van der Waals surface area contributed by atoms with Crippen LogP contribution in [0, 0.1) is 23.6 Å². The maximum Gasteiger partial charge on any atom is 0.224 e. The number of aromatic nitrogens is 2. The molecule has 0 aliphatic heterocycles. The zero-order valence-electron chi connectivity index (χ0n) is 11.4. The molecule has 1 unspecified atom stereocenters. The van der Waals surface area contributed by atoms with Gasteiger partial charge in [0.2, 0.25) is 11.2 Å². The molecule has 3 rings (SSSR count). The highest BCUT2D eigenvalue weighted by Crippen LogP contribution is 2.50. The summed E-state index contributed by atoms with van der Waals surface area (Å²) < 4.78 is 13.8. The number of nitrogens with one attached hydrogen (secondary N) is 1. The predicted molar refractivity (Wildman–Crippen MR) is 76.2 cm³/mol. The maximum atomic E-state index is 13.8. The highest BCUT2D eigenvalue weighted by atomic mass is 35.5. The van der Waals surface area contributed by atoms with Crippen LogP contribution in [0.25, 0.3) is 10.4 Å². The molecule has 1 aromatic heterocycles. The molecule has 1 heterocycles. The summed E-state index contributed by atoms with van der Waals surface area (Å²) in [7, 11) is 0. The lowest BCUT2D eigenvalue weighted by atomic mass is 9.81. The number of rotatable bonds is 4. The molecule has 2 bridgehead atoms. The monoisotopic (exact) mass is 325 g/mol. The number of nitrogens with zero attached hydrogens (tertiary/aromatic N) is 5. The molecule has 2 fully saturated rings. The zero-order chi connectivity index (χ0) is 15.9. The summed E-state index contributed by atoms with van der Waals surface area (Å²) in [6, 6.07) is -0.671. The Hall–Kier alpha value is -2.12. The fourth-order valence-corrected chi connectivity index (χ4v) is 3.87. The lowest BCUT2D eigenvalue weighted by Crippen LogP contribution is -2.46. The van der Waals surface area contributed by atoms with Crippen LogP contribution in [0.2, 0.25) is 5.28 Å². The molecular formula is C12H13ClFN7O. The minimum atomic E-state index is -0.671. The molecule has 2 aliphatic rings. The Bertz CT molecular complexity index is 665. The minimum absolute atomic E-state index is 0.0240. The summed E-state index contributed by atoms with van der Waals surface area (Å²) >= 11 is 5.67. The van der Waals surface area contributed by atoms with Gasteiger partial charge in [-0.25, -0.2) is 9.37 Å². The normalized spacial score (nSPS) is 32.5. The van der Waals surface area contributed by atoms with Crippen molar-refractivity contribution in [2.24, 2.45) is 28.6 Å². The number of carbonyl (C=O) groups is 1. The van der Waals surface area contributed by atoms with E-state index in [1.54, 1.807) is 0 Å². The number of fused-ring (bicyclic) bond motifs is 2. The Balaban J connectivity index is 1.90. The van der Waals surface area contributed by atoms with E-state index in [1.165, 1.54) is 0 Å². The molecule has 0 spiro atoms. The van der Waals surface area contributed by atoms with E-state index < -0.39 is 23.7 Å². The number of nitrogens with two attached hydrogens (primary N) is 1. The van der Waals surface area contributed by atoms with Crippen LogP contribution in [0.15, 0.2) is 11.3 Å². The van der Waals surface area contributed by atoms with Gasteiger partial charge in [0.25, 0.3) is 0 Å². The first kappa shape index (κ1) is 14.8. The summed E-state index contributed by atoms with van der Waals surface area (Å²) in [6.07, 6.45) is 2.28. The van der Waals surface area contributed by atoms with Gasteiger partial charge in [-0.05, 0) is 41.8 Å². The molecule has 2 aliphatic carbocycles. The van der Waals surface area contributed by atoms with Crippen LogP contribution in [0.5, 0.6) is 0 Å². The fraction of sp³-hybridized carbons (Fsp3) is 0.583. The second-order valence-corrected chi connectivity index (χ2v) is 5.94. The zero-order valence-corrected chi connectivity index (χ0v) is 12.1. The number of amides is 1. The minimum Gasteiger partial charge on any atom is -0.369 e. The van der Waals surface area contributed by atoms with Gasteiger partial charge in [-0.2, -0.15) is 4.98 Å². The number of primary amides is 1. The van der Waals surface area contributed by atoms with Gasteiger partial charge in [-0.15, -0.1) is 0 Å². The highest BCUT2D eigenvalue weighted by Gasteiger charge is 2.54. The maximum absolute atomic E-state index is 13.8. The molecule has 5 atom stereocenters. The first-order chi connectivity index (χ1) is 10.5. The molecule has 3 N–H and O–H groups in total. The molecule has 1 amide bonds. The first-order valence-corrected chi connectivity index (χ1v) is 7.17. The van der Waals surface area contributed by atoms with Crippen molar-refractivity contribution in [1.82, 2.24) is 9.97 Å². The van der Waals surface area contributed by atoms with Gasteiger partial charge in [0.1, 0.15) is 0 Å². The van der Waals surface area contributed by atoms with Crippen LogP contribution < -0.4 is 11.1 Å². The van der Waals surface area contributed by atoms with Crippen molar-refractivity contribution in [3.63, 3.8) is 0 Å². The average molecular weight is 326 g/mol. The number of hydrogen-bond donors (Lipinski definition) is 2. The van der Waals surface area contributed by atoms with Crippen LogP contribution in [0.3, 0.4) is 0 Å². The van der Waals surface area contributed by atoms with Crippen molar-refractivity contribution in [3.05, 3.63) is 27.7 Å². The largest absolute Gasteiger partial charge is 0.369 e. The lowest BCUT2D eigenvalue weighted by Gasteiger charge is -2.33. The number of carbonyl (C=O) groups excluding carboxylic acids is 1. The number of hydrogen-bond acceptors (Lipinski definition) is 5. The molecule has 0 aromatic carbocycles. The Morgan fingerprint density at radius 1 is 1.59 bits per heavy atom. The van der Waals surface area contributed by atoms with Crippen molar-refractivity contribution in [3.8, 4) is 0 Å². The van der Waals surface area contributed by atoms with Gasteiger partial charge in [-0.1, -0.05) is 5.11 Å². The van der Waals surface area contributed by atoms with E-state index in [2.05, 4.69) is 25.3 Å². The summed E-state index contributed by atoms with van der Waals surface area (Å²) in [4.78, 5) is 21.9. The quantitative estimate of drug-likeness (QED) is 0.378. The molecule has 0 saturated heterocycles. The molecule has 116 valence electrons. The van der Waals surface area contributed by atoms with Gasteiger partial charge >= 0.3 is 0 Å². The molecular weight excluding hydrogens is 313 g/mol. The predicted octanol–water partition coefficient (Wildman–Crippen LogP) is 1.87. The van der Waals surface area contributed by atoms with E-state index in [1.807, 2.05) is 0 Å². The summed E-state index contributed by atoms with van der Waals surface area (Å²) in [6.45, 7) is 0. The van der Waals surface area contributed by atoms with Gasteiger partial charge in [0.05, 0.1) is 12.1 Å². The van der Waals surface area contributed by atoms with E-state index in [0.717, 1.165) is 6.20 Å². The standard InChI is InChI=1S/C12H13ClFN7O/c13-12-17-3-6(14)11(19-12)18-9-5-1-4(8(9)10(15)22)2-7(5)20-21-16/h3-5,7-9H,1-2H2,(H2,15,22)(H,17,18,19)/t4-,5+,7?,8-,9+/m0/s1. The van der Waals surface area contributed by atoms with E-state index in [-0.39, 0.29) is 29.0 Å². The molecule has 1 aromatic rings. The third kappa shape index (κ3) is 2.42. The third-order valence-electron chi connectivity index (χ3n) is 4.52. The van der Waals surface area contributed by atoms with Gasteiger partial charge in [-0.3, -0.25) is 4.79 Å². The van der Waals surface area contributed by atoms with Crippen molar-refractivity contribution in [1.29, 1.82) is 0 Å². The Morgan fingerprint density at radius 2 is 2.36 bits per heavy atom. The summed E-state index contributed by atoms with van der Waals surface area (Å²) in [5.74, 6) is -1.73. The van der Waals surface area contributed by atoms with Crippen molar-refractivity contribution >= 4 is 23.3 Å². The highest BCUT2D eigenvalue weighted by molar-refractivity contribution is 6.28. The smallest absolute Gasteiger partial charge is 0.224 e. The molecule has 8 nitrogen and oxygen atoms in total. The second-order valence-electron chi connectivity index (χ2n) is 5.60. The molecule has 22 heavy (non-hydrogen) atoms. The Labute approximate surface area is 129 Å². The first-order valence-electron chi connectivity index (χ1n) is 6.79. The second kappa shape index (κ2) is 5.58. The van der Waals surface area contributed by atoms with Gasteiger partial charge in [0, 0.05) is 17.0 Å². The van der Waals surface area contributed by atoms with Crippen molar-refractivity contribution in [2.45, 2.75) is 24.9 Å². The van der Waals surface area contributed by atoms with Crippen LogP contribution in [0.4, 0.5) is 10.2 Å². The third-order valence-corrected chi connectivity index (χ3v) is 4.70. The van der Waals surface area contributed by atoms with Crippen molar-refractivity contribution in [2.75, 3.05) is 5.32 Å². The van der Waals surface area contributed by atoms with E-state index in [9.17, 15) is 9.18 Å². The molecule has 0 radical (unpaired) electrons. The number of anilines is 1. The topological polar surface area (TPSA) is 130 Å². The Morgan fingerprint density at radius 3 is 3.05 bits per heavy atom. The lowest BCUT2D eigenvalue weighted by molar-refractivity contribution is -0.123. The van der Waals surface area contributed by atoms with Gasteiger partial charge in [0.15, 0.2) is 11.6 Å². The summed E-state index contributed by atoms with van der Waals surface area (Å²) in [5, 5.41) is 6.57. The molecule has 10 heteroatoms. The van der Waals surface area contributed by atoms with Gasteiger partial charge < -0.3 is 11.1 Å². The van der Waals surface area contributed by atoms with E-state index in [0.29, 0.717) is 12.8 Å². The summed E-state index contributed by atoms with van der Waals surface area (Å²) in [5.41, 5.74) is 14.1. The number of halogens is 2. The average Bonchev–Trinajstić information content (AvgIpc) is 3.00. The van der Waals surface area contributed by atoms with E-state index in [4.69, 9.17) is 22.9 Å². The van der Waals surface area contributed by atoms with Crippen LogP contribution >= 0.6 is 11.6 Å². The fourth-order valence-electron chi connectivity index (χ4n) is 3.74. The van der Waals surface area contributed by atoms with Crippen LogP contribution in [-0.2, 0) is 4.79 Å². The SMILES string of the molecule is [N-]=[N+]=NC1C[C@@H]2C[C@H]1[C@@H](Nc1nc(Cl)ncc1F)[C@H]2C(N)=O. The van der Waals surface area contributed by atoms with Crippen molar-refractivity contribution < 1.29 is 9.18 Å². The molecule has 2 saturated carbocycles. The van der Waals surface area contributed by atoms with Crippen LogP contribution in [0.1, 0.15) is 12.8 Å². The number of azide groups is 1. The van der Waals surface area contributed by atoms with E-state index >= 15 is 0 Å². The van der Waals surface area contributed by atoms with Crippen LogP contribution in [-0.4, -0.2) is 28.0 Å². The Kier molecular flexibility index (Phi) is 3.76.